The molecule has 0 saturated carbocycles. The van der Waals surface area contributed by atoms with Gasteiger partial charge in [-0.1, -0.05) is 24.3 Å². The second kappa shape index (κ2) is 8.58. The number of aromatic amines is 1. The Hall–Kier alpha value is -2.64. The average molecular weight is 398 g/mol. The van der Waals surface area contributed by atoms with Gasteiger partial charge in [0, 0.05) is 25.3 Å². The number of amides is 1. The maximum Gasteiger partial charge on any atom is 0.274 e. The van der Waals surface area contributed by atoms with Crippen molar-refractivity contribution in [1.29, 1.82) is 0 Å². The van der Waals surface area contributed by atoms with Crippen LogP contribution in [-0.4, -0.2) is 47.4 Å². The number of para-hydroxylation sites is 1. The fourth-order valence-corrected chi connectivity index (χ4v) is 4.14. The molecule has 1 aliphatic heterocycles. The highest BCUT2D eigenvalue weighted by molar-refractivity contribution is 7.13. The summed E-state index contributed by atoms with van der Waals surface area (Å²) in [7, 11) is 1.64. The Morgan fingerprint density at radius 3 is 3.00 bits per heavy atom. The van der Waals surface area contributed by atoms with E-state index in [4.69, 9.17) is 9.47 Å². The van der Waals surface area contributed by atoms with Crippen molar-refractivity contribution in [1.82, 2.24) is 15.1 Å². The Balaban J connectivity index is 1.58. The number of hydrogen-bond acceptors (Lipinski definition) is 5. The maximum absolute atomic E-state index is 13.3. The van der Waals surface area contributed by atoms with Crippen LogP contribution in [0.15, 0.2) is 47.8 Å². The fraction of sp³-hybridized carbons (Fsp3) is 0.333. The second-order valence-corrected chi connectivity index (χ2v) is 7.72. The zero-order valence-corrected chi connectivity index (χ0v) is 16.6. The highest BCUT2D eigenvalue weighted by Crippen LogP contribution is 2.25. The lowest BCUT2D eigenvalue weighted by molar-refractivity contribution is 0.0501. The lowest BCUT2D eigenvalue weighted by Gasteiger charge is -2.25. The Bertz CT molecular complexity index is 917. The summed E-state index contributed by atoms with van der Waals surface area (Å²) in [6.07, 6.45) is 2.07. The van der Waals surface area contributed by atoms with Gasteiger partial charge in [0.2, 0.25) is 0 Å². The molecule has 1 aromatic carbocycles. The molecule has 1 aliphatic rings. The second-order valence-electron chi connectivity index (χ2n) is 6.78. The third-order valence-corrected chi connectivity index (χ3v) is 5.78. The summed E-state index contributed by atoms with van der Waals surface area (Å²) in [4.78, 5) is 16.1. The highest BCUT2D eigenvalue weighted by Gasteiger charge is 2.26. The summed E-state index contributed by atoms with van der Waals surface area (Å²) >= 11 is 1.61. The van der Waals surface area contributed by atoms with E-state index in [2.05, 4.69) is 10.2 Å². The molecule has 1 saturated heterocycles. The standard InChI is InChI=1S/C21H23N3O3S/c1-26-19-8-3-2-6-15(19)13-24(14-16-7-4-10-27-16)21(25)18-12-17(22-23-18)20-9-5-11-28-20/h2-3,5-6,8-9,11-12,16H,4,7,10,13-14H2,1H3,(H,22,23). The van der Waals surface area contributed by atoms with Crippen LogP contribution < -0.4 is 4.74 Å². The number of methoxy groups -OCH3 is 1. The van der Waals surface area contributed by atoms with Gasteiger partial charge in [0.25, 0.3) is 5.91 Å². The smallest absolute Gasteiger partial charge is 0.274 e. The van der Waals surface area contributed by atoms with Gasteiger partial charge in [0.15, 0.2) is 5.69 Å². The van der Waals surface area contributed by atoms with Gasteiger partial charge >= 0.3 is 0 Å². The van der Waals surface area contributed by atoms with Crippen LogP contribution in [0.2, 0.25) is 0 Å². The molecule has 1 atom stereocenters. The molecule has 0 spiro atoms. The molecule has 1 unspecified atom stereocenters. The molecule has 1 fully saturated rings. The van der Waals surface area contributed by atoms with Crippen LogP contribution in [0.3, 0.4) is 0 Å². The zero-order chi connectivity index (χ0) is 19.3. The number of rotatable bonds is 7. The number of aromatic nitrogens is 2. The highest BCUT2D eigenvalue weighted by atomic mass is 32.1. The minimum Gasteiger partial charge on any atom is -0.496 e. The van der Waals surface area contributed by atoms with E-state index in [0.29, 0.717) is 18.8 Å². The first-order valence-electron chi connectivity index (χ1n) is 9.36. The van der Waals surface area contributed by atoms with Crippen LogP contribution in [-0.2, 0) is 11.3 Å². The molecule has 0 radical (unpaired) electrons. The van der Waals surface area contributed by atoms with Gasteiger partial charge < -0.3 is 14.4 Å². The number of carbonyl (C=O) groups is 1. The largest absolute Gasteiger partial charge is 0.496 e. The van der Waals surface area contributed by atoms with E-state index in [9.17, 15) is 4.79 Å². The molecule has 2 aromatic heterocycles. The predicted molar refractivity (Wildman–Crippen MR) is 109 cm³/mol. The third kappa shape index (κ3) is 4.10. The number of hydrogen-bond donors (Lipinski definition) is 1. The topological polar surface area (TPSA) is 67.5 Å². The number of nitrogens with one attached hydrogen (secondary N) is 1. The lowest BCUT2D eigenvalue weighted by Crippen LogP contribution is -2.37. The molecule has 3 aromatic rings. The van der Waals surface area contributed by atoms with Crippen molar-refractivity contribution in [3.05, 3.63) is 59.1 Å². The summed E-state index contributed by atoms with van der Waals surface area (Å²) in [5.74, 6) is 0.661. The monoisotopic (exact) mass is 397 g/mol. The molecule has 1 N–H and O–H groups in total. The molecule has 3 heterocycles. The average Bonchev–Trinajstić information content (AvgIpc) is 3.49. The molecule has 7 heteroatoms. The summed E-state index contributed by atoms with van der Waals surface area (Å²) in [6.45, 7) is 1.74. The SMILES string of the molecule is COc1ccccc1CN(CC1CCCO1)C(=O)c1cc(-c2cccs2)[nH]n1. The molecular weight excluding hydrogens is 374 g/mol. The molecule has 6 nitrogen and oxygen atoms in total. The van der Waals surface area contributed by atoms with Crippen molar-refractivity contribution >= 4 is 17.2 Å². The number of H-pyrrole nitrogens is 1. The van der Waals surface area contributed by atoms with Gasteiger partial charge in [-0.05, 0) is 36.4 Å². The Kier molecular flexibility index (Phi) is 5.73. The number of thiophene rings is 1. The van der Waals surface area contributed by atoms with E-state index in [1.807, 2.05) is 52.7 Å². The fourth-order valence-electron chi connectivity index (χ4n) is 3.44. The third-order valence-electron chi connectivity index (χ3n) is 4.87. The van der Waals surface area contributed by atoms with Crippen molar-refractivity contribution in [2.24, 2.45) is 0 Å². The lowest BCUT2D eigenvalue weighted by atomic mass is 10.1. The van der Waals surface area contributed by atoms with E-state index in [0.717, 1.165) is 41.3 Å². The van der Waals surface area contributed by atoms with E-state index in [1.54, 1.807) is 18.4 Å². The van der Waals surface area contributed by atoms with E-state index < -0.39 is 0 Å². The molecule has 0 bridgehead atoms. The molecule has 1 amide bonds. The normalized spacial score (nSPS) is 16.2. The van der Waals surface area contributed by atoms with Crippen LogP contribution in [0.25, 0.3) is 10.6 Å². The molecule has 146 valence electrons. The molecule has 0 aliphatic carbocycles. The van der Waals surface area contributed by atoms with E-state index in [-0.39, 0.29) is 12.0 Å². The van der Waals surface area contributed by atoms with Gasteiger partial charge in [-0.3, -0.25) is 9.89 Å². The van der Waals surface area contributed by atoms with Crippen LogP contribution in [0.5, 0.6) is 5.75 Å². The zero-order valence-electron chi connectivity index (χ0n) is 15.8. The van der Waals surface area contributed by atoms with Crippen LogP contribution in [0.1, 0.15) is 28.9 Å². The summed E-state index contributed by atoms with van der Waals surface area (Å²) < 4.78 is 11.2. The summed E-state index contributed by atoms with van der Waals surface area (Å²) in [5.41, 5.74) is 2.23. The van der Waals surface area contributed by atoms with Crippen molar-refractivity contribution < 1.29 is 14.3 Å². The van der Waals surface area contributed by atoms with Crippen LogP contribution in [0.4, 0.5) is 0 Å². The maximum atomic E-state index is 13.3. The predicted octanol–water partition coefficient (Wildman–Crippen LogP) is 3.97. The van der Waals surface area contributed by atoms with Crippen LogP contribution >= 0.6 is 11.3 Å². The molecule has 28 heavy (non-hydrogen) atoms. The Labute approximate surface area is 168 Å². The number of nitrogens with zero attached hydrogens (tertiary/aromatic N) is 2. The Morgan fingerprint density at radius 2 is 2.25 bits per heavy atom. The van der Waals surface area contributed by atoms with Crippen molar-refractivity contribution in [3.63, 3.8) is 0 Å². The summed E-state index contributed by atoms with van der Waals surface area (Å²) in [5, 5.41) is 9.25. The van der Waals surface area contributed by atoms with Gasteiger partial charge in [0.1, 0.15) is 5.75 Å². The van der Waals surface area contributed by atoms with Crippen molar-refractivity contribution in [2.75, 3.05) is 20.3 Å². The molecular formula is C21H23N3O3S. The number of carbonyl (C=O) groups excluding carboxylic acids is 1. The van der Waals surface area contributed by atoms with E-state index >= 15 is 0 Å². The molecule has 4 rings (SSSR count). The van der Waals surface area contributed by atoms with Crippen LogP contribution in [0, 0.1) is 0 Å². The van der Waals surface area contributed by atoms with Crippen molar-refractivity contribution in [2.45, 2.75) is 25.5 Å². The van der Waals surface area contributed by atoms with Gasteiger partial charge in [-0.25, -0.2) is 0 Å². The van der Waals surface area contributed by atoms with Gasteiger partial charge in [-0.15, -0.1) is 11.3 Å². The van der Waals surface area contributed by atoms with Gasteiger partial charge in [-0.2, -0.15) is 5.10 Å². The quantitative estimate of drug-likeness (QED) is 0.655. The first-order chi connectivity index (χ1) is 13.7. The summed E-state index contributed by atoms with van der Waals surface area (Å²) in [6, 6.07) is 13.6. The minimum atomic E-state index is -0.111. The van der Waals surface area contributed by atoms with E-state index in [1.165, 1.54) is 0 Å². The number of ether oxygens (including phenoxy) is 2. The van der Waals surface area contributed by atoms with Gasteiger partial charge in [0.05, 0.1) is 23.8 Å². The first kappa shape index (κ1) is 18.7. The first-order valence-corrected chi connectivity index (χ1v) is 10.2. The van der Waals surface area contributed by atoms with Crippen molar-refractivity contribution in [3.8, 4) is 16.3 Å². The minimum absolute atomic E-state index is 0.0642. The Morgan fingerprint density at radius 1 is 1.36 bits per heavy atom. The number of benzene rings is 1.